The van der Waals surface area contributed by atoms with Crippen molar-refractivity contribution in [2.24, 2.45) is 0 Å². The van der Waals surface area contributed by atoms with E-state index in [1.165, 1.54) is 12.3 Å². The minimum absolute atomic E-state index is 0.124. The number of aromatic nitrogens is 1. The lowest BCUT2D eigenvalue weighted by Crippen LogP contribution is -2.20. The summed E-state index contributed by atoms with van der Waals surface area (Å²) in [5.74, 6) is 1.34. The third-order valence-electron chi connectivity index (χ3n) is 3.97. The molecular formula is C22H22FN3O3. The molecule has 0 saturated heterocycles. The smallest absolute Gasteiger partial charge is 0.262 e. The summed E-state index contributed by atoms with van der Waals surface area (Å²) in [4.78, 5) is 16.3. The van der Waals surface area contributed by atoms with Crippen molar-refractivity contribution in [2.75, 3.05) is 23.8 Å². The van der Waals surface area contributed by atoms with Gasteiger partial charge in [0, 0.05) is 12.1 Å². The third kappa shape index (κ3) is 6.21. The maximum absolute atomic E-state index is 13.6. The number of hydrogen-bond acceptors (Lipinski definition) is 5. The maximum atomic E-state index is 13.6. The molecule has 3 rings (SSSR count). The van der Waals surface area contributed by atoms with E-state index in [4.69, 9.17) is 9.47 Å². The highest BCUT2D eigenvalue weighted by atomic mass is 19.1. The first-order chi connectivity index (χ1) is 14.1. The monoisotopic (exact) mass is 395 g/mol. The molecule has 0 spiro atoms. The van der Waals surface area contributed by atoms with Crippen molar-refractivity contribution in [1.29, 1.82) is 0 Å². The molecular weight excluding hydrogens is 373 g/mol. The first kappa shape index (κ1) is 20.1. The lowest BCUT2D eigenvalue weighted by molar-refractivity contribution is -0.118. The van der Waals surface area contributed by atoms with Gasteiger partial charge in [-0.25, -0.2) is 9.37 Å². The fraction of sp³-hybridized carbons (Fsp3) is 0.182. The van der Waals surface area contributed by atoms with Gasteiger partial charge in [0.2, 0.25) is 0 Å². The molecule has 150 valence electrons. The SMILES string of the molecule is CCOc1ccc(OCC(=O)Nc2ccc(NCc3ccccc3F)nc2)cc1. The summed E-state index contributed by atoms with van der Waals surface area (Å²) in [6, 6.07) is 17.0. The van der Waals surface area contributed by atoms with E-state index in [0.29, 0.717) is 36.0 Å². The molecule has 7 heteroatoms. The molecule has 6 nitrogen and oxygen atoms in total. The molecule has 0 radical (unpaired) electrons. The summed E-state index contributed by atoms with van der Waals surface area (Å²) in [6.45, 7) is 2.70. The summed E-state index contributed by atoms with van der Waals surface area (Å²) < 4.78 is 24.4. The predicted molar refractivity (Wildman–Crippen MR) is 110 cm³/mol. The van der Waals surface area contributed by atoms with Crippen LogP contribution in [0.2, 0.25) is 0 Å². The number of carbonyl (C=O) groups is 1. The molecule has 0 saturated carbocycles. The first-order valence-corrected chi connectivity index (χ1v) is 9.23. The van der Waals surface area contributed by atoms with Crippen molar-refractivity contribution in [3.63, 3.8) is 0 Å². The number of anilines is 2. The molecule has 2 N–H and O–H groups in total. The zero-order valence-electron chi connectivity index (χ0n) is 16.0. The van der Waals surface area contributed by atoms with E-state index in [0.717, 1.165) is 5.75 Å². The van der Waals surface area contributed by atoms with Gasteiger partial charge in [-0.2, -0.15) is 0 Å². The average molecular weight is 395 g/mol. The number of amides is 1. The van der Waals surface area contributed by atoms with Crippen molar-refractivity contribution < 1.29 is 18.7 Å². The van der Waals surface area contributed by atoms with E-state index in [-0.39, 0.29) is 18.3 Å². The van der Waals surface area contributed by atoms with Gasteiger partial charge in [-0.05, 0) is 49.4 Å². The Bertz CT molecular complexity index is 931. The Morgan fingerprint density at radius 3 is 2.38 bits per heavy atom. The molecule has 1 amide bonds. The second-order valence-corrected chi connectivity index (χ2v) is 6.12. The van der Waals surface area contributed by atoms with Gasteiger partial charge in [0.05, 0.1) is 18.5 Å². The molecule has 3 aromatic rings. The highest BCUT2D eigenvalue weighted by Crippen LogP contribution is 2.18. The van der Waals surface area contributed by atoms with Crippen LogP contribution in [0, 0.1) is 5.82 Å². The van der Waals surface area contributed by atoms with Crippen LogP contribution in [0.5, 0.6) is 11.5 Å². The summed E-state index contributed by atoms with van der Waals surface area (Å²) >= 11 is 0. The minimum atomic E-state index is -0.298. The van der Waals surface area contributed by atoms with Gasteiger partial charge in [-0.15, -0.1) is 0 Å². The Balaban J connectivity index is 1.45. The van der Waals surface area contributed by atoms with Crippen molar-refractivity contribution in [1.82, 2.24) is 4.98 Å². The number of carbonyl (C=O) groups excluding carboxylic acids is 1. The van der Waals surface area contributed by atoms with Gasteiger partial charge in [0.15, 0.2) is 6.61 Å². The van der Waals surface area contributed by atoms with E-state index in [1.807, 2.05) is 6.92 Å². The van der Waals surface area contributed by atoms with Crippen LogP contribution in [0.15, 0.2) is 66.9 Å². The largest absolute Gasteiger partial charge is 0.494 e. The Morgan fingerprint density at radius 1 is 1.00 bits per heavy atom. The number of nitrogens with one attached hydrogen (secondary N) is 2. The van der Waals surface area contributed by atoms with Crippen LogP contribution in [0.1, 0.15) is 12.5 Å². The van der Waals surface area contributed by atoms with Crippen molar-refractivity contribution in [3.8, 4) is 11.5 Å². The molecule has 0 fully saturated rings. The van der Waals surface area contributed by atoms with Gasteiger partial charge < -0.3 is 20.1 Å². The quantitative estimate of drug-likeness (QED) is 0.567. The Labute approximate surface area is 168 Å². The topological polar surface area (TPSA) is 72.5 Å². The van der Waals surface area contributed by atoms with Gasteiger partial charge in [-0.3, -0.25) is 4.79 Å². The molecule has 0 atom stereocenters. The molecule has 0 aliphatic carbocycles. The molecule has 0 aliphatic rings. The number of rotatable bonds is 9. The van der Waals surface area contributed by atoms with E-state index in [9.17, 15) is 9.18 Å². The number of halogens is 1. The number of ether oxygens (including phenoxy) is 2. The average Bonchev–Trinajstić information content (AvgIpc) is 2.74. The first-order valence-electron chi connectivity index (χ1n) is 9.23. The highest BCUT2D eigenvalue weighted by Gasteiger charge is 2.06. The Hall–Kier alpha value is -3.61. The number of pyridine rings is 1. The minimum Gasteiger partial charge on any atom is -0.494 e. The van der Waals surface area contributed by atoms with E-state index in [2.05, 4.69) is 15.6 Å². The summed E-state index contributed by atoms with van der Waals surface area (Å²) in [6.07, 6.45) is 1.53. The van der Waals surface area contributed by atoms with Gasteiger partial charge in [0.25, 0.3) is 5.91 Å². The van der Waals surface area contributed by atoms with Gasteiger partial charge in [0.1, 0.15) is 23.1 Å². The van der Waals surface area contributed by atoms with Gasteiger partial charge >= 0.3 is 0 Å². The Morgan fingerprint density at radius 2 is 1.72 bits per heavy atom. The van der Waals surface area contributed by atoms with Crippen LogP contribution in [0.25, 0.3) is 0 Å². The maximum Gasteiger partial charge on any atom is 0.262 e. The van der Waals surface area contributed by atoms with Crippen LogP contribution in [-0.2, 0) is 11.3 Å². The highest BCUT2D eigenvalue weighted by molar-refractivity contribution is 5.91. The fourth-order valence-electron chi connectivity index (χ4n) is 2.54. The number of benzene rings is 2. The lowest BCUT2D eigenvalue weighted by atomic mass is 10.2. The number of nitrogens with zero attached hydrogens (tertiary/aromatic N) is 1. The van der Waals surface area contributed by atoms with Crippen molar-refractivity contribution >= 4 is 17.4 Å². The summed E-state index contributed by atoms with van der Waals surface area (Å²) in [5.41, 5.74) is 1.10. The molecule has 1 aromatic heterocycles. The molecule has 0 bridgehead atoms. The van der Waals surface area contributed by atoms with Crippen LogP contribution < -0.4 is 20.1 Å². The summed E-state index contributed by atoms with van der Waals surface area (Å²) in [5, 5.41) is 5.76. The predicted octanol–water partition coefficient (Wildman–Crippen LogP) is 4.25. The number of hydrogen-bond donors (Lipinski definition) is 2. The normalized spacial score (nSPS) is 10.3. The molecule has 1 heterocycles. The summed E-state index contributed by atoms with van der Waals surface area (Å²) in [7, 11) is 0. The zero-order valence-corrected chi connectivity index (χ0v) is 16.0. The van der Waals surface area contributed by atoms with Crippen LogP contribution in [0.3, 0.4) is 0 Å². The second kappa shape index (κ2) is 10.1. The zero-order chi connectivity index (χ0) is 20.5. The van der Waals surface area contributed by atoms with Crippen molar-refractivity contribution in [3.05, 3.63) is 78.2 Å². The lowest BCUT2D eigenvalue weighted by Gasteiger charge is -2.10. The van der Waals surface area contributed by atoms with E-state index >= 15 is 0 Å². The molecule has 0 unspecified atom stereocenters. The Kier molecular flexibility index (Phi) is 7.00. The molecule has 2 aromatic carbocycles. The molecule has 0 aliphatic heterocycles. The van der Waals surface area contributed by atoms with E-state index in [1.54, 1.807) is 54.6 Å². The van der Waals surface area contributed by atoms with Crippen molar-refractivity contribution in [2.45, 2.75) is 13.5 Å². The van der Waals surface area contributed by atoms with Gasteiger partial charge in [-0.1, -0.05) is 18.2 Å². The molecule has 29 heavy (non-hydrogen) atoms. The fourth-order valence-corrected chi connectivity index (χ4v) is 2.54. The van der Waals surface area contributed by atoms with Crippen LogP contribution >= 0.6 is 0 Å². The van der Waals surface area contributed by atoms with E-state index < -0.39 is 0 Å². The van der Waals surface area contributed by atoms with Crippen LogP contribution in [0.4, 0.5) is 15.9 Å². The standard InChI is InChI=1S/C22H22FN3O3/c1-2-28-18-8-10-19(11-9-18)29-15-22(27)26-17-7-12-21(25-14-17)24-13-16-5-3-4-6-20(16)23/h3-12,14H,2,13,15H2,1H3,(H,24,25)(H,26,27). The third-order valence-corrected chi connectivity index (χ3v) is 3.97. The second-order valence-electron chi connectivity index (χ2n) is 6.12. The van der Waals surface area contributed by atoms with Crippen LogP contribution in [-0.4, -0.2) is 24.1 Å².